The lowest BCUT2D eigenvalue weighted by Crippen LogP contribution is -2.22. The third-order valence-corrected chi connectivity index (χ3v) is 6.11. The van der Waals surface area contributed by atoms with Crippen molar-refractivity contribution in [1.29, 1.82) is 0 Å². The second-order valence-corrected chi connectivity index (χ2v) is 7.51. The summed E-state index contributed by atoms with van der Waals surface area (Å²) in [6, 6.07) is 11.0. The lowest BCUT2D eigenvalue weighted by molar-refractivity contribution is 0.443. The molecule has 0 spiro atoms. The Balaban J connectivity index is 1.60. The molecular weight excluding hydrogens is 304 g/mol. The van der Waals surface area contributed by atoms with E-state index in [0.29, 0.717) is 6.54 Å². The second kappa shape index (κ2) is 6.00. The van der Waals surface area contributed by atoms with Crippen molar-refractivity contribution in [3.8, 4) is 0 Å². The Labute approximate surface area is 140 Å². The van der Waals surface area contributed by atoms with Gasteiger partial charge in [-0.05, 0) is 41.3 Å². The Morgan fingerprint density at radius 2 is 1.83 bits per heavy atom. The zero-order valence-corrected chi connectivity index (χ0v) is 14.3. The van der Waals surface area contributed by atoms with Gasteiger partial charge in [-0.2, -0.15) is 0 Å². The van der Waals surface area contributed by atoms with E-state index in [-0.39, 0.29) is 5.69 Å². The van der Waals surface area contributed by atoms with E-state index in [4.69, 9.17) is 0 Å². The number of nitrogens with zero attached hydrogens (tertiary/aromatic N) is 2. The van der Waals surface area contributed by atoms with E-state index in [1.54, 1.807) is 15.9 Å². The number of imidazole rings is 1. The topological polar surface area (TPSA) is 26.9 Å². The Bertz CT molecular complexity index is 863. The van der Waals surface area contributed by atoms with Crippen LogP contribution in [-0.4, -0.2) is 9.13 Å². The standard InChI is InChI=1S/C19H22N2OS/c1-20-18-17(11-12-23-18)21(19(20)22)13-14-7-9-16(10-8-14)15-5-3-2-4-6-15/h7-12,15H,2-6,13H2,1H3. The maximum absolute atomic E-state index is 12.4. The molecule has 0 aliphatic heterocycles. The fourth-order valence-electron chi connectivity index (χ4n) is 3.79. The van der Waals surface area contributed by atoms with Crippen LogP contribution in [0.3, 0.4) is 0 Å². The number of aryl methyl sites for hydroxylation is 1. The number of hydrogen-bond acceptors (Lipinski definition) is 2. The second-order valence-electron chi connectivity index (χ2n) is 6.62. The van der Waals surface area contributed by atoms with E-state index in [9.17, 15) is 4.79 Å². The Morgan fingerprint density at radius 1 is 1.09 bits per heavy atom. The first-order chi connectivity index (χ1) is 11.2. The zero-order valence-electron chi connectivity index (χ0n) is 13.5. The lowest BCUT2D eigenvalue weighted by atomic mass is 9.84. The lowest BCUT2D eigenvalue weighted by Gasteiger charge is -2.22. The van der Waals surface area contributed by atoms with Crippen LogP contribution in [0.1, 0.15) is 49.1 Å². The quantitative estimate of drug-likeness (QED) is 0.696. The molecule has 0 atom stereocenters. The van der Waals surface area contributed by atoms with Crippen LogP contribution in [0.2, 0.25) is 0 Å². The van der Waals surface area contributed by atoms with E-state index in [0.717, 1.165) is 16.3 Å². The van der Waals surface area contributed by atoms with Crippen molar-refractivity contribution in [3.63, 3.8) is 0 Å². The van der Waals surface area contributed by atoms with Gasteiger partial charge in [0.1, 0.15) is 4.83 Å². The van der Waals surface area contributed by atoms with Gasteiger partial charge in [0.05, 0.1) is 12.1 Å². The van der Waals surface area contributed by atoms with Gasteiger partial charge in [-0.15, -0.1) is 11.3 Å². The van der Waals surface area contributed by atoms with Crippen LogP contribution in [0.4, 0.5) is 0 Å². The highest BCUT2D eigenvalue weighted by Crippen LogP contribution is 2.32. The smallest absolute Gasteiger partial charge is 0.287 e. The number of fused-ring (bicyclic) bond motifs is 1. The van der Waals surface area contributed by atoms with Gasteiger partial charge in [0, 0.05) is 7.05 Å². The highest BCUT2D eigenvalue weighted by atomic mass is 32.1. The van der Waals surface area contributed by atoms with Gasteiger partial charge in [0.25, 0.3) is 0 Å². The molecule has 0 unspecified atom stereocenters. The molecule has 2 heterocycles. The minimum Gasteiger partial charge on any atom is -0.287 e. The number of hydrogen-bond donors (Lipinski definition) is 0. The van der Waals surface area contributed by atoms with E-state index < -0.39 is 0 Å². The SMILES string of the molecule is Cn1c(=O)n(Cc2ccc(C3CCCCC3)cc2)c2ccsc21. The van der Waals surface area contributed by atoms with Crippen molar-refractivity contribution in [2.45, 2.75) is 44.6 Å². The van der Waals surface area contributed by atoms with Crippen molar-refractivity contribution in [2.24, 2.45) is 7.05 Å². The molecule has 0 saturated heterocycles. The Kier molecular flexibility index (Phi) is 3.85. The molecule has 3 aromatic rings. The van der Waals surface area contributed by atoms with Crippen molar-refractivity contribution in [1.82, 2.24) is 9.13 Å². The summed E-state index contributed by atoms with van der Waals surface area (Å²) < 4.78 is 3.62. The summed E-state index contributed by atoms with van der Waals surface area (Å²) in [6.45, 7) is 0.651. The van der Waals surface area contributed by atoms with Crippen LogP contribution in [0.15, 0.2) is 40.5 Å². The minimum atomic E-state index is 0.0724. The number of rotatable bonds is 3. The molecule has 1 aliphatic rings. The molecule has 4 rings (SSSR count). The first-order valence-electron chi connectivity index (χ1n) is 8.45. The number of thiophene rings is 1. The van der Waals surface area contributed by atoms with Gasteiger partial charge in [-0.1, -0.05) is 43.5 Å². The van der Waals surface area contributed by atoms with Crippen LogP contribution in [-0.2, 0) is 13.6 Å². The normalized spacial score (nSPS) is 16.2. The average molecular weight is 326 g/mol. The largest absolute Gasteiger partial charge is 0.329 e. The molecule has 2 aromatic heterocycles. The molecule has 0 radical (unpaired) electrons. The molecule has 1 fully saturated rings. The van der Waals surface area contributed by atoms with Crippen LogP contribution in [0.25, 0.3) is 10.3 Å². The predicted molar refractivity (Wildman–Crippen MR) is 96.4 cm³/mol. The minimum absolute atomic E-state index is 0.0724. The van der Waals surface area contributed by atoms with Gasteiger partial charge in [-0.3, -0.25) is 9.13 Å². The van der Waals surface area contributed by atoms with Gasteiger partial charge in [0.2, 0.25) is 0 Å². The molecule has 3 nitrogen and oxygen atoms in total. The molecule has 0 bridgehead atoms. The van der Waals surface area contributed by atoms with Gasteiger partial charge < -0.3 is 0 Å². The average Bonchev–Trinajstić information content (AvgIpc) is 3.16. The number of benzene rings is 1. The molecule has 0 N–H and O–H groups in total. The molecule has 0 amide bonds. The van der Waals surface area contributed by atoms with Crippen molar-refractivity contribution in [3.05, 3.63) is 57.3 Å². The van der Waals surface area contributed by atoms with Crippen molar-refractivity contribution in [2.75, 3.05) is 0 Å². The number of aromatic nitrogens is 2. The van der Waals surface area contributed by atoms with E-state index in [1.165, 1.54) is 43.2 Å². The van der Waals surface area contributed by atoms with E-state index in [1.807, 2.05) is 23.1 Å². The third-order valence-electron chi connectivity index (χ3n) is 5.13. The van der Waals surface area contributed by atoms with Crippen molar-refractivity contribution < 1.29 is 0 Å². The summed E-state index contributed by atoms with van der Waals surface area (Å²) in [5, 5.41) is 2.05. The summed E-state index contributed by atoms with van der Waals surface area (Å²) in [4.78, 5) is 13.5. The summed E-state index contributed by atoms with van der Waals surface area (Å²) in [5.74, 6) is 0.737. The van der Waals surface area contributed by atoms with E-state index >= 15 is 0 Å². The predicted octanol–water partition coefficient (Wildman–Crippen LogP) is 4.50. The Hall–Kier alpha value is -1.81. The van der Waals surface area contributed by atoms with Gasteiger partial charge in [0.15, 0.2) is 0 Å². The molecule has 4 heteroatoms. The zero-order chi connectivity index (χ0) is 15.8. The fourth-order valence-corrected chi connectivity index (χ4v) is 4.65. The van der Waals surface area contributed by atoms with Crippen LogP contribution in [0, 0.1) is 0 Å². The highest BCUT2D eigenvalue weighted by molar-refractivity contribution is 7.16. The molecular formula is C19H22N2OS. The van der Waals surface area contributed by atoms with Crippen molar-refractivity contribution >= 4 is 21.7 Å². The van der Waals surface area contributed by atoms with Gasteiger partial charge >= 0.3 is 5.69 Å². The van der Waals surface area contributed by atoms with Crippen LogP contribution < -0.4 is 5.69 Å². The molecule has 1 aromatic carbocycles. The molecule has 120 valence electrons. The third kappa shape index (κ3) is 2.65. The van der Waals surface area contributed by atoms with Crippen LogP contribution >= 0.6 is 11.3 Å². The highest BCUT2D eigenvalue weighted by Gasteiger charge is 2.16. The summed E-state index contributed by atoms with van der Waals surface area (Å²) in [7, 11) is 1.85. The first kappa shape index (κ1) is 14.8. The van der Waals surface area contributed by atoms with E-state index in [2.05, 4.69) is 24.3 Å². The maximum atomic E-state index is 12.4. The van der Waals surface area contributed by atoms with Gasteiger partial charge in [-0.25, -0.2) is 4.79 Å². The summed E-state index contributed by atoms with van der Waals surface area (Å²) >= 11 is 1.62. The monoisotopic (exact) mass is 326 g/mol. The first-order valence-corrected chi connectivity index (χ1v) is 9.33. The summed E-state index contributed by atoms with van der Waals surface area (Å²) in [5.41, 5.74) is 3.78. The fraction of sp³-hybridized carbons (Fsp3) is 0.421. The van der Waals surface area contributed by atoms with Crippen LogP contribution in [0.5, 0.6) is 0 Å². The maximum Gasteiger partial charge on any atom is 0.329 e. The summed E-state index contributed by atoms with van der Waals surface area (Å²) in [6.07, 6.45) is 6.77. The molecule has 23 heavy (non-hydrogen) atoms. The molecule has 1 saturated carbocycles. The molecule has 1 aliphatic carbocycles. The Morgan fingerprint density at radius 3 is 2.57 bits per heavy atom.